The van der Waals surface area contributed by atoms with Crippen LogP contribution in [0.2, 0.25) is 0 Å². The lowest BCUT2D eigenvalue weighted by Gasteiger charge is -2.35. The Hall–Kier alpha value is -3.30. The summed E-state index contributed by atoms with van der Waals surface area (Å²) in [4.78, 5) is 25.0. The van der Waals surface area contributed by atoms with Gasteiger partial charge in [0.15, 0.2) is 5.82 Å². The SMILES string of the molecule is Cn1c(-c2cc3ccc(C(C)(C)O)nc3n2CC2CC2)nc2cc(C(=O)N3CC[C@H]4CCN[C@H]4C3)cc(F)c21. The molecule has 2 saturated heterocycles. The highest BCUT2D eigenvalue weighted by Crippen LogP contribution is 2.37. The molecule has 1 aromatic carbocycles. The molecule has 3 aliphatic rings. The topological polar surface area (TPSA) is 88.2 Å². The Morgan fingerprint density at radius 2 is 1.97 bits per heavy atom. The number of rotatable bonds is 5. The van der Waals surface area contributed by atoms with E-state index in [2.05, 4.69) is 9.88 Å². The summed E-state index contributed by atoms with van der Waals surface area (Å²) in [5.74, 6) is 1.25. The molecule has 5 heterocycles. The zero-order chi connectivity index (χ0) is 27.1. The molecule has 4 aromatic rings. The number of hydrogen-bond acceptors (Lipinski definition) is 5. The Balaban J connectivity index is 1.30. The van der Waals surface area contributed by atoms with Crippen LogP contribution >= 0.6 is 0 Å². The van der Waals surface area contributed by atoms with E-state index in [1.807, 2.05) is 30.1 Å². The lowest BCUT2D eigenvalue weighted by atomic mass is 9.92. The number of carbonyl (C=O) groups excluding carboxylic acids is 1. The number of aryl methyl sites for hydroxylation is 1. The van der Waals surface area contributed by atoms with Crippen molar-refractivity contribution in [3.63, 3.8) is 0 Å². The Kier molecular flexibility index (Phi) is 5.61. The summed E-state index contributed by atoms with van der Waals surface area (Å²) in [6, 6.07) is 9.30. The average Bonchev–Trinajstić information content (AvgIpc) is 3.32. The van der Waals surface area contributed by atoms with Gasteiger partial charge in [-0.25, -0.2) is 14.4 Å². The van der Waals surface area contributed by atoms with Crippen molar-refractivity contribution in [2.75, 3.05) is 19.6 Å². The van der Waals surface area contributed by atoms with E-state index in [1.54, 1.807) is 24.5 Å². The molecule has 1 saturated carbocycles. The molecule has 0 unspecified atom stereocenters. The Bertz CT molecular complexity index is 1610. The molecule has 0 bridgehead atoms. The van der Waals surface area contributed by atoms with Crippen molar-refractivity contribution in [3.05, 3.63) is 47.4 Å². The number of imidazole rings is 1. The number of carbonyl (C=O) groups is 1. The maximum atomic E-state index is 15.6. The molecule has 8 nitrogen and oxygen atoms in total. The number of halogens is 1. The van der Waals surface area contributed by atoms with Crippen molar-refractivity contribution < 1.29 is 14.3 Å². The zero-order valence-electron chi connectivity index (χ0n) is 22.7. The minimum Gasteiger partial charge on any atom is -0.384 e. The van der Waals surface area contributed by atoms with Gasteiger partial charge in [-0.3, -0.25) is 4.79 Å². The molecule has 1 aliphatic carbocycles. The molecule has 3 fully saturated rings. The van der Waals surface area contributed by atoms with Crippen LogP contribution < -0.4 is 5.32 Å². The van der Waals surface area contributed by atoms with Gasteiger partial charge in [0.05, 0.1) is 16.9 Å². The predicted molar refractivity (Wildman–Crippen MR) is 148 cm³/mol. The van der Waals surface area contributed by atoms with Crippen LogP contribution in [-0.2, 0) is 19.2 Å². The quantitative estimate of drug-likeness (QED) is 0.404. The number of pyridine rings is 1. The average molecular weight is 531 g/mol. The molecule has 2 N–H and O–H groups in total. The van der Waals surface area contributed by atoms with Gasteiger partial charge in [0.2, 0.25) is 0 Å². The summed E-state index contributed by atoms with van der Waals surface area (Å²) in [5, 5.41) is 15.0. The van der Waals surface area contributed by atoms with Crippen LogP contribution in [0, 0.1) is 17.7 Å². The van der Waals surface area contributed by atoms with Crippen LogP contribution in [0.4, 0.5) is 4.39 Å². The summed E-state index contributed by atoms with van der Waals surface area (Å²) in [6.07, 6.45) is 4.48. The summed E-state index contributed by atoms with van der Waals surface area (Å²) in [7, 11) is 1.82. The van der Waals surface area contributed by atoms with Crippen molar-refractivity contribution in [3.8, 4) is 11.5 Å². The first kappa shape index (κ1) is 24.7. The molecule has 0 spiro atoms. The highest BCUT2D eigenvalue weighted by atomic mass is 19.1. The number of nitrogens with zero attached hydrogens (tertiary/aromatic N) is 5. The van der Waals surface area contributed by atoms with Crippen molar-refractivity contribution in [1.29, 1.82) is 0 Å². The molecular weight excluding hydrogens is 495 g/mol. The van der Waals surface area contributed by atoms with Gasteiger partial charge in [-0.2, -0.15) is 0 Å². The normalized spacial score (nSPS) is 21.7. The van der Waals surface area contributed by atoms with Gasteiger partial charge in [-0.1, -0.05) is 0 Å². The fourth-order valence-corrected chi connectivity index (χ4v) is 6.44. The second-order valence-corrected chi connectivity index (χ2v) is 12.2. The largest absolute Gasteiger partial charge is 0.384 e. The molecule has 39 heavy (non-hydrogen) atoms. The number of hydrogen-bond donors (Lipinski definition) is 2. The van der Waals surface area contributed by atoms with Crippen molar-refractivity contribution in [1.82, 2.24) is 29.3 Å². The number of benzene rings is 1. The lowest BCUT2D eigenvalue weighted by molar-refractivity contribution is 0.0668. The molecule has 7 rings (SSSR count). The number of nitrogens with one attached hydrogen (secondary N) is 1. The first-order valence-corrected chi connectivity index (χ1v) is 14.1. The van der Waals surface area contributed by atoms with Crippen LogP contribution in [0.3, 0.4) is 0 Å². The van der Waals surface area contributed by atoms with Gasteiger partial charge in [-0.15, -0.1) is 0 Å². The molecular formula is C30H35FN6O2. The van der Waals surface area contributed by atoms with Crippen molar-refractivity contribution >= 4 is 28.0 Å². The highest BCUT2D eigenvalue weighted by molar-refractivity contribution is 5.98. The third-order valence-electron chi connectivity index (χ3n) is 8.87. The fourth-order valence-electron chi connectivity index (χ4n) is 6.44. The summed E-state index contributed by atoms with van der Waals surface area (Å²) in [6.45, 7) is 6.63. The number of aliphatic hydroxyl groups is 1. The standard InChI is InChI=1S/C30H35FN6O2/c1-30(2,39)25-7-6-19-14-24(37(27(19)34-25)15-17-4-5-17)28-33-22-13-20(12-21(31)26(22)35(28)3)29(38)36-11-9-18-8-10-32-23(18)16-36/h6-7,12-14,17-18,23,32,39H,4-5,8-11,15-16H2,1-3H3/t18-,23+/m1/s1. The van der Waals surface area contributed by atoms with E-state index in [0.29, 0.717) is 59.1 Å². The van der Waals surface area contributed by atoms with Crippen LogP contribution in [0.15, 0.2) is 30.3 Å². The molecule has 2 aliphatic heterocycles. The van der Waals surface area contributed by atoms with E-state index in [4.69, 9.17) is 9.97 Å². The zero-order valence-corrected chi connectivity index (χ0v) is 22.7. The number of fused-ring (bicyclic) bond motifs is 3. The van der Waals surface area contributed by atoms with E-state index < -0.39 is 11.4 Å². The van der Waals surface area contributed by atoms with Gasteiger partial charge in [0, 0.05) is 43.7 Å². The maximum absolute atomic E-state index is 15.6. The molecule has 0 radical (unpaired) electrons. The molecule has 3 aromatic heterocycles. The van der Waals surface area contributed by atoms with Crippen molar-refractivity contribution in [2.45, 2.75) is 57.7 Å². The molecule has 1 amide bonds. The summed E-state index contributed by atoms with van der Waals surface area (Å²) >= 11 is 0. The Morgan fingerprint density at radius 3 is 2.74 bits per heavy atom. The smallest absolute Gasteiger partial charge is 0.254 e. The van der Waals surface area contributed by atoms with Gasteiger partial charge in [0.25, 0.3) is 5.91 Å². The van der Waals surface area contributed by atoms with E-state index in [1.165, 1.54) is 18.9 Å². The lowest BCUT2D eigenvalue weighted by Crippen LogP contribution is -2.48. The minimum atomic E-state index is -1.06. The van der Waals surface area contributed by atoms with Crippen molar-refractivity contribution in [2.24, 2.45) is 18.9 Å². The third kappa shape index (κ3) is 4.23. The second kappa shape index (κ2) is 8.86. The van der Waals surface area contributed by atoms with Gasteiger partial charge in [0.1, 0.15) is 22.6 Å². The van der Waals surface area contributed by atoms with E-state index in [-0.39, 0.29) is 5.91 Å². The van der Waals surface area contributed by atoms with Crippen LogP contribution in [0.25, 0.3) is 33.6 Å². The van der Waals surface area contributed by atoms with Crippen LogP contribution in [0.1, 0.15) is 55.6 Å². The number of aromatic nitrogens is 4. The van der Waals surface area contributed by atoms with E-state index in [0.717, 1.165) is 42.7 Å². The Morgan fingerprint density at radius 1 is 1.15 bits per heavy atom. The maximum Gasteiger partial charge on any atom is 0.254 e. The third-order valence-corrected chi connectivity index (χ3v) is 8.87. The second-order valence-electron chi connectivity index (χ2n) is 12.2. The first-order valence-electron chi connectivity index (χ1n) is 14.1. The number of likely N-dealkylation sites (tertiary alicyclic amines) is 1. The molecule has 204 valence electrons. The van der Waals surface area contributed by atoms with Crippen LogP contribution in [-0.4, -0.2) is 60.7 Å². The molecule has 9 heteroatoms. The predicted octanol–water partition coefficient (Wildman–Crippen LogP) is 4.19. The summed E-state index contributed by atoms with van der Waals surface area (Å²) < 4.78 is 19.5. The fraction of sp³-hybridized carbons (Fsp3) is 0.500. The van der Waals surface area contributed by atoms with Crippen LogP contribution in [0.5, 0.6) is 0 Å². The highest BCUT2D eigenvalue weighted by Gasteiger charge is 2.35. The molecule has 2 atom stereocenters. The number of piperidine rings is 1. The van der Waals surface area contributed by atoms with E-state index >= 15 is 4.39 Å². The summed E-state index contributed by atoms with van der Waals surface area (Å²) in [5.41, 5.74) is 2.39. The first-order chi connectivity index (χ1) is 18.7. The monoisotopic (exact) mass is 530 g/mol. The minimum absolute atomic E-state index is 0.138. The van der Waals surface area contributed by atoms with Gasteiger partial charge >= 0.3 is 0 Å². The van der Waals surface area contributed by atoms with Gasteiger partial charge in [-0.05, 0) is 88.2 Å². The Labute approximate surface area is 226 Å². The number of amides is 1. The van der Waals surface area contributed by atoms with E-state index in [9.17, 15) is 9.90 Å². The van der Waals surface area contributed by atoms with Gasteiger partial charge < -0.3 is 24.5 Å².